The molecular weight excluding hydrogens is 418 g/mol. The van der Waals surface area contributed by atoms with Crippen LogP contribution in [-0.2, 0) is 16.1 Å². The first-order valence-corrected chi connectivity index (χ1v) is 10.7. The number of aromatic nitrogens is 2. The molecule has 1 aromatic carbocycles. The van der Waals surface area contributed by atoms with Crippen molar-refractivity contribution in [1.29, 1.82) is 0 Å². The third-order valence-corrected chi connectivity index (χ3v) is 5.26. The lowest BCUT2D eigenvalue weighted by atomic mass is 10.1. The van der Waals surface area contributed by atoms with Gasteiger partial charge >= 0.3 is 5.97 Å². The molecule has 0 radical (unpaired) electrons. The summed E-state index contributed by atoms with van der Waals surface area (Å²) in [5.74, 6) is -0.209. The lowest BCUT2D eigenvalue weighted by molar-refractivity contribution is -0.116. The predicted molar refractivity (Wildman–Crippen MR) is 120 cm³/mol. The largest absolute Gasteiger partial charge is 0.491 e. The highest BCUT2D eigenvalue weighted by atomic mass is 32.1. The summed E-state index contributed by atoms with van der Waals surface area (Å²) in [6.07, 6.45) is 1.35. The van der Waals surface area contributed by atoms with Crippen LogP contribution in [0.4, 0.5) is 5.13 Å². The van der Waals surface area contributed by atoms with Crippen LogP contribution in [-0.4, -0.2) is 33.6 Å². The molecule has 0 aliphatic rings. The first-order valence-electron chi connectivity index (χ1n) is 9.92. The average Bonchev–Trinajstić information content (AvgIpc) is 3.03. The smallest absolute Gasteiger partial charge is 0.350 e. The Morgan fingerprint density at radius 1 is 1.16 bits per heavy atom. The second-order valence-corrected chi connectivity index (χ2v) is 8.60. The SMILES string of the molecule is Cc1nc(NC(=O)Cn2ccc3cc(OC(C)C)ccc3c2=O)sc1C(=O)OC(C)C. The van der Waals surface area contributed by atoms with E-state index in [2.05, 4.69) is 10.3 Å². The van der Waals surface area contributed by atoms with Crippen LogP contribution in [0.25, 0.3) is 10.8 Å². The van der Waals surface area contributed by atoms with Gasteiger partial charge in [-0.2, -0.15) is 0 Å². The number of hydrogen-bond donors (Lipinski definition) is 1. The van der Waals surface area contributed by atoms with Gasteiger partial charge in [-0.05, 0) is 64.3 Å². The Balaban J connectivity index is 1.74. The quantitative estimate of drug-likeness (QED) is 0.558. The summed E-state index contributed by atoms with van der Waals surface area (Å²) in [7, 11) is 0. The zero-order valence-electron chi connectivity index (χ0n) is 18.1. The number of nitrogens with zero attached hydrogens (tertiary/aromatic N) is 2. The van der Waals surface area contributed by atoms with E-state index in [1.807, 2.05) is 13.8 Å². The van der Waals surface area contributed by atoms with Gasteiger partial charge in [0.05, 0.1) is 17.9 Å². The van der Waals surface area contributed by atoms with E-state index in [9.17, 15) is 14.4 Å². The molecule has 0 aliphatic carbocycles. The van der Waals surface area contributed by atoms with Crippen molar-refractivity contribution in [2.24, 2.45) is 0 Å². The first-order chi connectivity index (χ1) is 14.6. The molecule has 0 saturated carbocycles. The molecule has 0 bridgehead atoms. The van der Waals surface area contributed by atoms with E-state index in [4.69, 9.17) is 9.47 Å². The van der Waals surface area contributed by atoms with Crippen molar-refractivity contribution >= 4 is 39.1 Å². The fourth-order valence-corrected chi connectivity index (χ4v) is 3.82. The third kappa shape index (κ3) is 5.49. The molecule has 0 saturated heterocycles. The molecule has 164 valence electrons. The number of aryl methyl sites for hydroxylation is 1. The van der Waals surface area contributed by atoms with Crippen molar-refractivity contribution in [3.63, 3.8) is 0 Å². The Labute approximate surface area is 183 Å². The van der Waals surface area contributed by atoms with Gasteiger partial charge in [-0.3, -0.25) is 9.59 Å². The number of amides is 1. The fourth-order valence-electron chi connectivity index (χ4n) is 2.96. The van der Waals surface area contributed by atoms with Crippen molar-refractivity contribution in [2.75, 3.05) is 5.32 Å². The second kappa shape index (κ2) is 9.30. The number of carbonyl (C=O) groups is 2. The molecule has 2 aromatic heterocycles. The molecular formula is C22H25N3O5S. The Morgan fingerprint density at radius 2 is 1.90 bits per heavy atom. The van der Waals surface area contributed by atoms with Crippen LogP contribution in [0.2, 0.25) is 0 Å². The van der Waals surface area contributed by atoms with Crippen molar-refractivity contribution in [3.05, 3.63) is 51.4 Å². The van der Waals surface area contributed by atoms with Gasteiger partial charge < -0.3 is 19.4 Å². The van der Waals surface area contributed by atoms with Gasteiger partial charge in [0.2, 0.25) is 5.91 Å². The van der Waals surface area contributed by atoms with Gasteiger partial charge in [0.15, 0.2) is 5.13 Å². The molecule has 0 aliphatic heterocycles. The van der Waals surface area contributed by atoms with Gasteiger partial charge in [0.1, 0.15) is 17.2 Å². The number of fused-ring (bicyclic) bond motifs is 1. The molecule has 0 fully saturated rings. The molecule has 0 spiro atoms. The van der Waals surface area contributed by atoms with Crippen LogP contribution in [0, 0.1) is 6.92 Å². The highest BCUT2D eigenvalue weighted by molar-refractivity contribution is 7.17. The van der Waals surface area contributed by atoms with Crippen LogP contribution >= 0.6 is 11.3 Å². The van der Waals surface area contributed by atoms with Gasteiger partial charge in [0, 0.05) is 11.6 Å². The number of hydrogen-bond acceptors (Lipinski definition) is 7. The molecule has 2 heterocycles. The zero-order valence-corrected chi connectivity index (χ0v) is 18.9. The summed E-state index contributed by atoms with van der Waals surface area (Å²) in [6.45, 7) is 8.88. The summed E-state index contributed by atoms with van der Waals surface area (Å²) in [4.78, 5) is 41.9. The average molecular weight is 444 g/mol. The fraction of sp³-hybridized carbons (Fsp3) is 0.364. The summed E-state index contributed by atoms with van der Waals surface area (Å²) in [6, 6.07) is 7.01. The predicted octanol–water partition coefficient (Wildman–Crippen LogP) is 3.76. The first kappa shape index (κ1) is 22.5. The maximum atomic E-state index is 12.8. The topological polar surface area (TPSA) is 99.5 Å². The standard InChI is InChI=1S/C22H25N3O5S/c1-12(2)29-16-6-7-17-15(10-16)8-9-25(20(17)27)11-18(26)24-22-23-14(5)19(31-22)21(28)30-13(3)4/h6-10,12-13H,11H2,1-5H3,(H,23,24,26). The molecule has 1 amide bonds. The van der Waals surface area contributed by atoms with Crippen LogP contribution < -0.4 is 15.6 Å². The Hall–Kier alpha value is -3.20. The third-order valence-electron chi connectivity index (χ3n) is 4.21. The van der Waals surface area contributed by atoms with E-state index in [0.29, 0.717) is 21.7 Å². The summed E-state index contributed by atoms with van der Waals surface area (Å²) in [5, 5.41) is 4.16. The molecule has 3 aromatic rings. The number of thiazole rings is 1. The van der Waals surface area contributed by atoms with Crippen LogP contribution in [0.5, 0.6) is 5.75 Å². The van der Waals surface area contributed by atoms with Gasteiger partial charge in [-0.15, -0.1) is 0 Å². The number of anilines is 1. The lowest BCUT2D eigenvalue weighted by Crippen LogP contribution is -2.27. The zero-order chi connectivity index (χ0) is 22.7. The minimum absolute atomic E-state index is 0.0313. The van der Waals surface area contributed by atoms with Crippen molar-refractivity contribution in [2.45, 2.75) is 53.4 Å². The van der Waals surface area contributed by atoms with Gasteiger partial charge in [-0.1, -0.05) is 11.3 Å². The van der Waals surface area contributed by atoms with Crippen molar-refractivity contribution in [1.82, 2.24) is 9.55 Å². The van der Waals surface area contributed by atoms with Crippen LogP contribution in [0.1, 0.15) is 43.1 Å². The van der Waals surface area contributed by atoms with E-state index in [0.717, 1.165) is 16.7 Å². The Bertz CT molecular complexity index is 1180. The lowest BCUT2D eigenvalue weighted by Gasteiger charge is -2.11. The summed E-state index contributed by atoms with van der Waals surface area (Å²) < 4.78 is 12.2. The number of rotatable bonds is 7. The molecule has 3 rings (SSSR count). The molecule has 31 heavy (non-hydrogen) atoms. The van der Waals surface area contributed by atoms with Gasteiger partial charge in [-0.25, -0.2) is 9.78 Å². The maximum Gasteiger partial charge on any atom is 0.350 e. The summed E-state index contributed by atoms with van der Waals surface area (Å²) in [5.41, 5.74) is 0.202. The van der Waals surface area contributed by atoms with E-state index < -0.39 is 11.9 Å². The minimum Gasteiger partial charge on any atom is -0.491 e. The number of pyridine rings is 1. The van der Waals surface area contributed by atoms with Gasteiger partial charge in [0.25, 0.3) is 5.56 Å². The number of carbonyl (C=O) groups excluding carboxylic acids is 2. The number of nitrogens with one attached hydrogen (secondary N) is 1. The van der Waals surface area contributed by atoms with Crippen molar-refractivity contribution in [3.8, 4) is 5.75 Å². The molecule has 9 heteroatoms. The molecule has 1 N–H and O–H groups in total. The van der Waals surface area contributed by atoms with E-state index in [1.54, 1.807) is 51.2 Å². The second-order valence-electron chi connectivity index (χ2n) is 7.60. The minimum atomic E-state index is -0.475. The normalized spacial score (nSPS) is 11.2. The van der Waals surface area contributed by atoms with E-state index in [1.165, 1.54) is 4.57 Å². The monoisotopic (exact) mass is 443 g/mol. The number of ether oxygens (including phenoxy) is 2. The number of benzene rings is 1. The summed E-state index contributed by atoms with van der Waals surface area (Å²) >= 11 is 1.04. The van der Waals surface area contributed by atoms with E-state index >= 15 is 0 Å². The number of esters is 1. The van der Waals surface area contributed by atoms with E-state index in [-0.39, 0.29) is 29.4 Å². The maximum absolute atomic E-state index is 12.8. The molecule has 0 atom stereocenters. The molecule has 8 nitrogen and oxygen atoms in total. The Kier molecular flexibility index (Phi) is 6.74. The highest BCUT2D eigenvalue weighted by Crippen LogP contribution is 2.24. The van der Waals surface area contributed by atoms with Crippen LogP contribution in [0.15, 0.2) is 35.3 Å². The van der Waals surface area contributed by atoms with Crippen molar-refractivity contribution < 1.29 is 19.1 Å². The molecule has 0 unspecified atom stereocenters. The van der Waals surface area contributed by atoms with Crippen LogP contribution in [0.3, 0.4) is 0 Å². The Morgan fingerprint density at radius 3 is 2.58 bits per heavy atom. The highest BCUT2D eigenvalue weighted by Gasteiger charge is 2.19.